The molecule has 0 heteroatoms. The zero-order valence-electron chi connectivity index (χ0n) is 11.2. The van der Waals surface area contributed by atoms with Crippen molar-refractivity contribution >= 4 is 0 Å². The molecule has 2 rings (SSSR count). The van der Waals surface area contributed by atoms with Gasteiger partial charge in [-0.1, -0.05) is 58.3 Å². The van der Waals surface area contributed by atoms with Crippen LogP contribution >= 0.6 is 0 Å². The van der Waals surface area contributed by atoms with E-state index in [-0.39, 0.29) is 0 Å². The standard InChI is InChI=1S/C16H29/c1-2-3-4-5-6-7-8-9-12-16(13-14-16)15-10-11-15/h2-14H2,1H3. The predicted molar refractivity (Wildman–Crippen MR) is 71.4 cm³/mol. The van der Waals surface area contributed by atoms with Gasteiger partial charge in [-0.3, -0.25) is 0 Å². The van der Waals surface area contributed by atoms with Gasteiger partial charge in [0.1, 0.15) is 0 Å². The summed E-state index contributed by atoms with van der Waals surface area (Å²) in [4.78, 5) is 0. The van der Waals surface area contributed by atoms with Gasteiger partial charge in [-0.15, -0.1) is 0 Å². The zero-order valence-corrected chi connectivity index (χ0v) is 11.2. The highest BCUT2D eigenvalue weighted by Crippen LogP contribution is 2.65. The van der Waals surface area contributed by atoms with Crippen LogP contribution in [0.2, 0.25) is 0 Å². The van der Waals surface area contributed by atoms with Crippen LogP contribution in [0.25, 0.3) is 0 Å². The van der Waals surface area contributed by atoms with Crippen molar-refractivity contribution in [2.75, 3.05) is 0 Å². The van der Waals surface area contributed by atoms with Gasteiger partial charge >= 0.3 is 0 Å². The average molecular weight is 221 g/mol. The highest BCUT2D eigenvalue weighted by molar-refractivity contribution is 5.23. The van der Waals surface area contributed by atoms with Crippen LogP contribution in [-0.4, -0.2) is 0 Å². The van der Waals surface area contributed by atoms with Crippen molar-refractivity contribution < 1.29 is 0 Å². The largest absolute Gasteiger partial charge is 0.0654 e. The van der Waals surface area contributed by atoms with Crippen LogP contribution in [0.3, 0.4) is 0 Å². The molecule has 0 aromatic carbocycles. The van der Waals surface area contributed by atoms with Gasteiger partial charge in [0, 0.05) is 0 Å². The summed E-state index contributed by atoms with van der Waals surface area (Å²) in [6.07, 6.45) is 19.4. The number of hydrogen-bond acceptors (Lipinski definition) is 0. The van der Waals surface area contributed by atoms with Gasteiger partial charge in [-0.05, 0) is 43.4 Å². The maximum absolute atomic E-state index is 2.30. The lowest BCUT2D eigenvalue weighted by Gasteiger charge is -2.12. The average Bonchev–Trinajstić information content (AvgIpc) is 3.15. The third-order valence-electron chi connectivity index (χ3n) is 4.61. The summed E-state index contributed by atoms with van der Waals surface area (Å²) in [5.41, 5.74) is 0.822. The Morgan fingerprint density at radius 2 is 1.38 bits per heavy atom. The Balaban J connectivity index is 1.38. The molecule has 0 heterocycles. The van der Waals surface area contributed by atoms with Gasteiger partial charge < -0.3 is 0 Å². The smallest absolute Gasteiger partial charge is 0.0179 e. The van der Waals surface area contributed by atoms with Crippen molar-refractivity contribution in [1.82, 2.24) is 0 Å². The van der Waals surface area contributed by atoms with Crippen molar-refractivity contribution in [2.24, 2.45) is 5.41 Å². The minimum atomic E-state index is 0.822. The highest BCUT2D eigenvalue weighted by atomic mass is 14.6. The highest BCUT2D eigenvalue weighted by Gasteiger charge is 2.53. The lowest BCUT2D eigenvalue weighted by Crippen LogP contribution is -2.00. The van der Waals surface area contributed by atoms with E-state index < -0.39 is 0 Å². The summed E-state index contributed by atoms with van der Waals surface area (Å²) >= 11 is 0. The summed E-state index contributed by atoms with van der Waals surface area (Å²) in [7, 11) is 0. The van der Waals surface area contributed by atoms with Crippen LogP contribution in [0, 0.1) is 11.3 Å². The van der Waals surface area contributed by atoms with E-state index in [0.29, 0.717) is 0 Å². The molecule has 0 aromatic rings. The molecule has 0 aliphatic heterocycles. The normalized spacial score (nSPS) is 22.3. The molecule has 0 nitrogen and oxygen atoms in total. The molecule has 2 fully saturated rings. The summed E-state index contributed by atoms with van der Waals surface area (Å²) in [6.45, 7) is 2.30. The monoisotopic (exact) mass is 221 g/mol. The minimum Gasteiger partial charge on any atom is -0.0654 e. The van der Waals surface area contributed by atoms with Crippen LogP contribution in [0.15, 0.2) is 0 Å². The molecule has 0 bridgehead atoms. The second kappa shape index (κ2) is 6.07. The fourth-order valence-electron chi connectivity index (χ4n) is 3.12. The summed E-state index contributed by atoms with van der Waals surface area (Å²) in [6, 6.07) is 0. The Bertz CT molecular complexity index is 186. The summed E-state index contributed by atoms with van der Waals surface area (Å²) < 4.78 is 0. The lowest BCUT2D eigenvalue weighted by molar-refractivity contribution is 0.472. The van der Waals surface area contributed by atoms with E-state index >= 15 is 0 Å². The first-order valence-corrected chi connectivity index (χ1v) is 7.72. The number of rotatable bonds is 10. The molecule has 0 aromatic heterocycles. The minimum absolute atomic E-state index is 0.822. The van der Waals surface area contributed by atoms with Gasteiger partial charge in [-0.25, -0.2) is 0 Å². The molecule has 2 aliphatic carbocycles. The first-order valence-electron chi connectivity index (χ1n) is 7.72. The van der Waals surface area contributed by atoms with E-state index in [1.54, 1.807) is 12.8 Å². The van der Waals surface area contributed by atoms with Gasteiger partial charge in [0.05, 0.1) is 0 Å². The quantitative estimate of drug-likeness (QED) is 0.417. The zero-order chi connectivity index (χ0) is 11.3. The lowest BCUT2D eigenvalue weighted by atomic mass is 9.93. The van der Waals surface area contributed by atoms with E-state index in [4.69, 9.17) is 0 Å². The fourth-order valence-corrected chi connectivity index (χ4v) is 3.12. The molecule has 0 amide bonds. The van der Waals surface area contributed by atoms with Crippen molar-refractivity contribution in [3.05, 3.63) is 5.92 Å². The topological polar surface area (TPSA) is 0 Å². The number of hydrogen-bond donors (Lipinski definition) is 0. The summed E-state index contributed by atoms with van der Waals surface area (Å²) in [5.74, 6) is 1.94. The molecule has 0 unspecified atom stereocenters. The molecule has 0 spiro atoms. The first kappa shape index (κ1) is 12.5. The third-order valence-corrected chi connectivity index (χ3v) is 4.61. The van der Waals surface area contributed by atoms with Gasteiger partial charge in [0.25, 0.3) is 0 Å². The van der Waals surface area contributed by atoms with Crippen LogP contribution in [0.5, 0.6) is 0 Å². The molecule has 0 N–H and O–H groups in total. The molecule has 2 saturated carbocycles. The SMILES string of the molecule is CCCCCCCCCCC1([C]2CC2)CC1. The summed E-state index contributed by atoms with van der Waals surface area (Å²) in [5, 5.41) is 0. The van der Waals surface area contributed by atoms with E-state index in [9.17, 15) is 0 Å². The molecule has 93 valence electrons. The molecule has 1 radical (unpaired) electrons. The van der Waals surface area contributed by atoms with Gasteiger partial charge in [-0.2, -0.15) is 0 Å². The van der Waals surface area contributed by atoms with Crippen molar-refractivity contribution in [1.29, 1.82) is 0 Å². The van der Waals surface area contributed by atoms with E-state index in [0.717, 1.165) is 5.41 Å². The predicted octanol–water partition coefficient (Wildman–Crippen LogP) is 5.67. The Morgan fingerprint density at radius 1 is 0.812 bits per heavy atom. The third kappa shape index (κ3) is 3.79. The Morgan fingerprint density at radius 3 is 1.88 bits per heavy atom. The molecular formula is C16H29. The van der Waals surface area contributed by atoms with Crippen LogP contribution in [0.4, 0.5) is 0 Å². The molecular weight excluding hydrogens is 192 g/mol. The Hall–Kier alpha value is 0. The Labute approximate surface area is 102 Å². The van der Waals surface area contributed by atoms with Crippen molar-refractivity contribution in [3.8, 4) is 0 Å². The van der Waals surface area contributed by atoms with Crippen molar-refractivity contribution in [2.45, 2.75) is 90.4 Å². The van der Waals surface area contributed by atoms with E-state index in [1.165, 1.54) is 70.6 Å². The second-order valence-corrected chi connectivity index (χ2v) is 6.11. The van der Waals surface area contributed by atoms with Crippen LogP contribution in [0.1, 0.15) is 90.4 Å². The maximum Gasteiger partial charge on any atom is -0.0179 e. The van der Waals surface area contributed by atoms with Crippen molar-refractivity contribution in [3.63, 3.8) is 0 Å². The van der Waals surface area contributed by atoms with Gasteiger partial charge in [0.15, 0.2) is 0 Å². The Kier molecular flexibility index (Phi) is 4.73. The van der Waals surface area contributed by atoms with Crippen LogP contribution < -0.4 is 0 Å². The van der Waals surface area contributed by atoms with E-state index in [1.807, 2.05) is 5.92 Å². The molecule has 2 aliphatic rings. The van der Waals surface area contributed by atoms with E-state index in [2.05, 4.69) is 6.92 Å². The fraction of sp³-hybridized carbons (Fsp3) is 0.938. The molecule has 16 heavy (non-hydrogen) atoms. The molecule has 0 atom stereocenters. The second-order valence-electron chi connectivity index (χ2n) is 6.11. The number of unbranched alkanes of at least 4 members (excludes halogenated alkanes) is 7. The molecule has 0 saturated heterocycles. The van der Waals surface area contributed by atoms with Crippen LogP contribution in [-0.2, 0) is 0 Å². The first-order chi connectivity index (χ1) is 7.87. The maximum atomic E-state index is 2.30. The van der Waals surface area contributed by atoms with Gasteiger partial charge in [0.2, 0.25) is 0 Å².